The fraction of sp³-hybridized carbons (Fsp3) is 0.833. The predicted octanol–water partition coefficient (Wildman–Crippen LogP) is 1.88. The van der Waals surface area contributed by atoms with Gasteiger partial charge in [0.1, 0.15) is 6.61 Å². The number of methoxy groups -OCH3 is 1. The van der Waals surface area contributed by atoms with Gasteiger partial charge in [0.05, 0.1) is 6.54 Å². The van der Waals surface area contributed by atoms with Crippen LogP contribution in [-0.2, 0) is 17.9 Å². The summed E-state index contributed by atoms with van der Waals surface area (Å²) in [6.07, 6.45) is 3.80. The average molecular weight is 239 g/mol. The van der Waals surface area contributed by atoms with Crippen molar-refractivity contribution < 1.29 is 9.26 Å². The van der Waals surface area contributed by atoms with Crippen LogP contribution in [0.1, 0.15) is 44.8 Å². The molecule has 0 saturated heterocycles. The Morgan fingerprint density at radius 3 is 3.00 bits per heavy atom. The van der Waals surface area contributed by atoms with Crippen molar-refractivity contribution in [2.45, 2.75) is 52.3 Å². The molecule has 1 aliphatic carbocycles. The Balaban J connectivity index is 1.85. The molecule has 0 aromatic carbocycles. The summed E-state index contributed by atoms with van der Waals surface area (Å²) in [5.41, 5.74) is 0.370. The van der Waals surface area contributed by atoms with Crippen molar-refractivity contribution in [2.75, 3.05) is 7.11 Å². The lowest BCUT2D eigenvalue weighted by molar-refractivity contribution is 0.174. The van der Waals surface area contributed by atoms with Gasteiger partial charge in [-0.15, -0.1) is 0 Å². The lowest BCUT2D eigenvalue weighted by Crippen LogP contribution is -2.37. The van der Waals surface area contributed by atoms with E-state index in [0.717, 1.165) is 0 Å². The molecule has 1 unspecified atom stereocenters. The smallest absolute Gasteiger partial charge is 0.240 e. The number of rotatable bonds is 5. The molecule has 0 radical (unpaired) electrons. The lowest BCUT2D eigenvalue weighted by Gasteiger charge is -2.27. The second-order valence-electron chi connectivity index (χ2n) is 5.35. The second-order valence-corrected chi connectivity index (χ2v) is 5.35. The van der Waals surface area contributed by atoms with Crippen LogP contribution in [0, 0.1) is 5.41 Å². The molecule has 0 spiro atoms. The molecule has 5 heteroatoms. The molecule has 1 saturated carbocycles. The Labute approximate surface area is 102 Å². The van der Waals surface area contributed by atoms with Gasteiger partial charge < -0.3 is 14.6 Å². The molecular formula is C12H21N3O2. The standard InChI is InChI=1S/C12H21N3O2/c1-12(2)6-4-5-9(12)13-7-11-14-10(8-16-3)15-17-11/h9,13H,4-8H2,1-3H3. The van der Waals surface area contributed by atoms with Crippen molar-refractivity contribution in [3.8, 4) is 0 Å². The molecule has 1 aromatic rings. The Hall–Kier alpha value is -0.940. The normalized spacial score (nSPS) is 23.1. The number of hydrogen-bond acceptors (Lipinski definition) is 5. The van der Waals surface area contributed by atoms with E-state index < -0.39 is 0 Å². The van der Waals surface area contributed by atoms with Crippen molar-refractivity contribution in [2.24, 2.45) is 5.41 Å². The third-order valence-electron chi connectivity index (χ3n) is 3.54. The first-order valence-electron chi connectivity index (χ1n) is 6.15. The largest absolute Gasteiger partial charge is 0.377 e. The minimum Gasteiger partial charge on any atom is -0.377 e. The van der Waals surface area contributed by atoms with Gasteiger partial charge >= 0.3 is 0 Å². The van der Waals surface area contributed by atoms with Crippen LogP contribution in [0.4, 0.5) is 0 Å². The Morgan fingerprint density at radius 2 is 2.35 bits per heavy atom. The Kier molecular flexibility index (Phi) is 3.79. The number of hydrogen-bond donors (Lipinski definition) is 1. The number of ether oxygens (including phenoxy) is 1. The van der Waals surface area contributed by atoms with E-state index in [1.165, 1.54) is 19.3 Å². The lowest BCUT2D eigenvalue weighted by atomic mass is 9.87. The third kappa shape index (κ3) is 3.04. The van der Waals surface area contributed by atoms with E-state index in [2.05, 4.69) is 29.3 Å². The molecule has 96 valence electrons. The summed E-state index contributed by atoms with van der Waals surface area (Å²) in [4.78, 5) is 4.24. The molecule has 1 heterocycles. The molecule has 0 bridgehead atoms. The van der Waals surface area contributed by atoms with E-state index in [1.807, 2.05) is 0 Å². The van der Waals surface area contributed by atoms with E-state index in [4.69, 9.17) is 9.26 Å². The summed E-state index contributed by atoms with van der Waals surface area (Å²) in [5.74, 6) is 1.25. The second kappa shape index (κ2) is 5.14. The number of aromatic nitrogens is 2. The quantitative estimate of drug-likeness (QED) is 0.850. The van der Waals surface area contributed by atoms with Crippen molar-refractivity contribution in [3.05, 3.63) is 11.7 Å². The monoisotopic (exact) mass is 239 g/mol. The van der Waals surface area contributed by atoms with Crippen LogP contribution < -0.4 is 5.32 Å². The van der Waals surface area contributed by atoms with Gasteiger partial charge in [-0.05, 0) is 18.3 Å². The third-order valence-corrected chi connectivity index (χ3v) is 3.54. The molecule has 2 rings (SSSR count). The summed E-state index contributed by atoms with van der Waals surface area (Å²) < 4.78 is 10.1. The molecule has 17 heavy (non-hydrogen) atoms. The highest BCUT2D eigenvalue weighted by atomic mass is 16.5. The molecule has 1 N–H and O–H groups in total. The van der Waals surface area contributed by atoms with Crippen LogP contribution in [0.15, 0.2) is 4.52 Å². The maximum Gasteiger partial charge on any atom is 0.240 e. The van der Waals surface area contributed by atoms with Crippen molar-refractivity contribution >= 4 is 0 Å². The van der Waals surface area contributed by atoms with Gasteiger partial charge in [0.25, 0.3) is 0 Å². The first-order chi connectivity index (χ1) is 8.12. The summed E-state index contributed by atoms with van der Waals surface area (Å²) in [6, 6.07) is 0.542. The van der Waals surface area contributed by atoms with E-state index >= 15 is 0 Å². The van der Waals surface area contributed by atoms with Gasteiger partial charge in [-0.1, -0.05) is 25.4 Å². The van der Waals surface area contributed by atoms with E-state index in [9.17, 15) is 0 Å². The van der Waals surface area contributed by atoms with Gasteiger partial charge in [-0.3, -0.25) is 0 Å². The molecule has 0 amide bonds. The van der Waals surface area contributed by atoms with Crippen LogP contribution in [0.2, 0.25) is 0 Å². The van der Waals surface area contributed by atoms with Gasteiger partial charge in [-0.2, -0.15) is 4.98 Å². The minimum atomic E-state index is 0.370. The fourth-order valence-electron chi connectivity index (χ4n) is 2.47. The van der Waals surface area contributed by atoms with Crippen LogP contribution in [0.3, 0.4) is 0 Å². The van der Waals surface area contributed by atoms with E-state index in [0.29, 0.717) is 36.3 Å². The zero-order valence-corrected chi connectivity index (χ0v) is 10.8. The number of nitrogens with one attached hydrogen (secondary N) is 1. The van der Waals surface area contributed by atoms with E-state index in [1.54, 1.807) is 7.11 Å². The molecule has 5 nitrogen and oxygen atoms in total. The summed E-state index contributed by atoms with van der Waals surface area (Å²) in [7, 11) is 1.62. The maximum atomic E-state index is 5.14. The minimum absolute atomic E-state index is 0.370. The summed E-state index contributed by atoms with van der Waals surface area (Å²) >= 11 is 0. The van der Waals surface area contributed by atoms with Crippen LogP contribution in [0.25, 0.3) is 0 Å². The molecule has 1 aromatic heterocycles. The van der Waals surface area contributed by atoms with Crippen molar-refractivity contribution in [1.29, 1.82) is 0 Å². The summed E-state index contributed by atoms with van der Waals surface area (Å²) in [6.45, 7) is 5.66. The van der Waals surface area contributed by atoms with Gasteiger partial charge in [0.2, 0.25) is 5.89 Å². The zero-order valence-electron chi connectivity index (χ0n) is 10.8. The molecule has 1 fully saturated rings. The molecule has 0 aliphatic heterocycles. The zero-order chi connectivity index (χ0) is 12.3. The predicted molar refractivity (Wildman–Crippen MR) is 63.3 cm³/mol. The van der Waals surface area contributed by atoms with Crippen molar-refractivity contribution in [1.82, 2.24) is 15.5 Å². The Morgan fingerprint density at radius 1 is 1.53 bits per heavy atom. The number of nitrogens with zero attached hydrogens (tertiary/aromatic N) is 2. The topological polar surface area (TPSA) is 60.2 Å². The Bertz CT molecular complexity index is 362. The molecule has 1 atom stereocenters. The van der Waals surface area contributed by atoms with Gasteiger partial charge in [0.15, 0.2) is 5.82 Å². The highest BCUT2D eigenvalue weighted by Crippen LogP contribution is 2.37. The SMILES string of the molecule is COCc1noc(CNC2CCCC2(C)C)n1. The summed E-state index contributed by atoms with van der Waals surface area (Å²) in [5, 5.41) is 7.34. The molecule has 1 aliphatic rings. The van der Waals surface area contributed by atoms with Gasteiger partial charge in [0, 0.05) is 13.2 Å². The van der Waals surface area contributed by atoms with Crippen LogP contribution in [0.5, 0.6) is 0 Å². The van der Waals surface area contributed by atoms with E-state index in [-0.39, 0.29) is 0 Å². The first kappa shape index (κ1) is 12.5. The maximum absolute atomic E-state index is 5.14. The van der Waals surface area contributed by atoms with Gasteiger partial charge in [-0.25, -0.2) is 0 Å². The van der Waals surface area contributed by atoms with Crippen molar-refractivity contribution in [3.63, 3.8) is 0 Å². The molecular weight excluding hydrogens is 218 g/mol. The highest BCUT2D eigenvalue weighted by molar-refractivity contribution is 4.92. The highest BCUT2D eigenvalue weighted by Gasteiger charge is 2.34. The fourth-order valence-corrected chi connectivity index (χ4v) is 2.47. The van der Waals surface area contributed by atoms with Crippen LogP contribution in [-0.4, -0.2) is 23.3 Å². The first-order valence-corrected chi connectivity index (χ1v) is 6.15. The average Bonchev–Trinajstić information content (AvgIpc) is 2.83. The van der Waals surface area contributed by atoms with Crippen LogP contribution >= 0.6 is 0 Å².